The van der Waals surface area contributed by atoms with Crippen molar-refractivity contribution in [3.05, 3.63) is 35.9 Å². The van der Waals surface area contributed by atoms with Gasteiger partial charge in [-0.15, -0.1) is 0 Å². The van der Waals surface area contributed by atoms with E-state index in [4.69, 9.17) is 5.11 Å². The van der Waals surface area contributed by atoms with Gasteiger partial charge in [-0.1, -0.05) is 37.3 Å². The van der Waals surface area contributed by atoms with Gasteiger partial charge < -0.3 is 10.4 Å². The first-order valence-corrected chi connectivity index (χ1v) is 5.14. The predicted octanol–water partition coefficient (Wildman–Crippen LogP) is 1.76. The molecule has 2 nitrogen and oxygen atoms in total. The molecule has 0 amide bonds. The highest BCUT2D eigenvalue weighted by Gasteiger charge is 2.04. The molecule has 0 saturated heterocycles. The second-order valence-electron chi connectivity index (χ2n) is 3.82. The highest BCUT2D eigenvalue weighted by atomic mass is 16.3. The van der Waals surface area contributed by atoms with E-state index >= 15 is 0 Å². The van der Waals surface area contributed by atoms with Crippen LogP contribution in [0.2, 0.25) is 0 Å². The first kappa shape index (κ1) is 11.2. The van der Waals surface area contributed by atoms with Crippen LogP contribution in [0.3, 0.4) is 0 Å². The molecule has 2 atom stereocenters. The van der Waals surface area contributed by atoms with Crippen molar-refractivity contribution in [2.24, 2.45) is 0 Å². The van der Waals surface area contributed by atoms with Crippen LogP contribution in [0.5, 0.6) is 0 Å². The van der Waals surface area contributed by atoms with E-state index in [9.17, 15) is 0 Å². The molecule has 0 heterocycles. The fourth-order valence-electron chi connectivity index (χ4n) is 1.41. The molecule has 78 valence electrons. The fraction of sp³-hybridized carbons (Fsp3) is 0.500. The number of hydrogen-bond acceptors (Lipinski definition) is 2. The van der Waals surface area contributed by atoms with Crippen LogP contribution in [0, 0.1) is 0 Å². The molecular formula is C12H19NO. The maximum Gasteiger partial charge on any atom is 0.0636 e. The van der Waals surface area contributed by atoms with Crippen molar-refractivity contribution in [1.29, 1.82) is 0 Å². The number of benzene rings is 1. The number of rotatable bonds is 5. The summed E-state index contributed by atoms with van der Waals surface area (Å²) in [5, 5.41) is 12.3. The van der Waals surface area contributed by atoms with E-state index in [-0.39, 0.29) is 6.10 Å². The van der Waals surface area contributed by atoms with E-state index < -0.39 is 0 Å². The second kappa shape index (κ2) is 5.78. The van der Waals surface area contributed by atoms with E-state index in [0.29, 0.717) is 12.5 Å². The van der Waals surface area contributed by atoms with Gasteiger partial charge in [0.2, 0.25) is 0 Å². The molecule has 2 unspecified atom stereocenters. The molecule has 1 aromatic carbocycles. The molecule has 0 bridgehead atoms. The molecule has 0 aliphatic rings. The third-order valence-corrected chi connectivity index (χ3v) is 2.26. The Morgan fingerprint density at radius 1 is 1.14 bits per heavy atom. The van der Waals surface area contributed by atoms with Crippen LogP contribution in [0.1, 0.15) is 25.3 Å². The molecule has 0 radical (unpaired) electrons. The molecule has 0 fully saturated rings. The van der Waals surface area contributed by atoms with Crippen molar-refractivity contribution >= 4 is 0 Å². The Bertz CT molecular complexity index is 246. The van der Waals surface area contributed by atoms with Crippen molar-refractivity contribution in [1.82, 2.24) is 5.32 Å². The standard InChI is InChI=1S/C12H19NO/c1-10(8-13-9-11(2)14)12-6-4-3-5-7-12/h3-7,10-11,13-14H,8-9H2,1-2H3. The van der Waals surface area contributed by atoms with Crippen molar-refractivity contribution in [3.8, 4) is 0 Å². The molecule has 0 aromatic heterocycles. The maximum atomic E-state index is 9.07. The maximum absolute atomic E-state index is 9.07. The summed E-state index contributed by atoms with van der Waals surface area (Å²) in [6.45, 7) is 5.55. The average Bonchev–Trinajstić information content (AvgIpc) is 2.18. The van der Waals surface area contributed by atoms with Gasteiger partial charge in [0, 0.05) is 13.1 Å². The van der Waals surface area contributed by atoms with Crippen LogP contribution in [0.4, 0.5) is 0 Å². The summed E-state index contributed by atoms with van der Waals surface area (Å²) in [7, 11) is 0. The number of aliphatic hydroxyl groups is 1. The summed E-state index contributed by atoms with van der Waals surface area (Å²) < 4.78 is 0. The lowest BCUT2D eigenvalue weighted by atomic mass is 10.0. The van der Waals surface area contributed by atoms with Crippen LogP contribution >= 0.6 is 0 Å². The number of aliphatic hydroxyl groups excluding tert-OH is 1. The average molecular weight is 193 g/mol. The summed E-state index contributed by atoms with van der Waals surface area (Å²) in [5.74, 6) is 0.495. The predicted molar refractivity (Wildman–Crippen MR) is 59.4 cm³/mol. The summed E-state index contributed by atoms with van der Waals surface area (Å²) >= 11 is 0. The number of hydrogen-bond donors (Lipinski definition) is 2. The second-order valence-corrected chi connectivity index (χ2v) is 3.82. The first-order valence-electron chi connectivity index (χ1n) is 5.14. The van der Waals surface area contributed by atoms with Gasteiger partial charge in [-0.3, -0.25) is 0 Å². The third kappa shape index (κ3) is 3.90. The van der Waals surface area contributed by atoms with Crippen LogP contribution < -0.4 is 5.32 Å². The van der Waals surface area contributed by atoms with Gasteiger partial charge in [-0.05, 0) is 18.4 Å². The summed E-state index contributed by atoms with van der Waals surface area (Å²) in [6.07, 6.45) is -0.266. The van der Waals surface area contributed by atoms with Crippen LogP contribution in [-0.2, 0) is 0 Å². The first-order chi connectivity index (χ1) is 6.70. The highest BCUT2D eigenvalue weighted by molar-refractivity contribution is 5.18. The van der Waals surface area contributed by atoms with Crippen LogP contribution in [0.25, 0.3) is 0 Å². The molecular weight excluding hydrogens is 174 g/mol. The van der Waals surface area contributed by atoms with E-state index in [1.165, 1.54) is 5.56 Å². The Balaban J connectivity index is 2.32. The minimum atomic E-state index is -0.266. The molecule has 14 heavy (non-hydrogen) atoms. The van der Waals surface area contributed by atoms with E-state index in [2.05, 4.69) is 36.5 Å². The lowest BCUT2D eigenvalue weighted by Gasteiger charge is -2.13. The Labute approximate surface area is 86.0 Å². The summed E-state index contributed by atoms with van der Waals surface area (Å²) in [5.41, 5.74) is 1.34. The van der Waals surface area contributed by atoms with Gasteiger partial charge in [0.25, 0.3) is 0 Å². The SMILES string of the molecule is CC(O)CNCC(C)c1ccccc1. The van der Waals surface area contributed by atoms with Crippen molar-refractivity contribution in [2.75, 3.05) is 13.1 Å². The van der Waals surface area contributed by atoms with Gasteiger partial charge in [-0.2, -0.15) is 0 Å². The van der Waals surface area contributed by atoms with Crippen molar-refractivity contribution < 1.29 is 5.11 Å². The van der Waals surface area contributed by atoms with E-state index in [1.54, 1.807) is 6.92 Å². The Kier molecular flexibility index (Phi) is 4.63. The Morgan fingerprint density at radius 2 is 1.79 bits per heavy atom. The lowest BCUT2D eigenvalue weighted by molar-refractivity contribution is 0.191. The molecule has 0 spiro atoms. The summed E-state index contributed by atoms with van der Waals surface area (Å²) in [4.78, 5) is 0. The topological polar surface area (TPSA) is 32.3 Å². The molecule has 2 N–H and O–H groups in total. The fourth-order valence-corrected chi connectivity index (χ4v) is 1.41. The zero-order chi connectivity index (χ0) is 10.4. The normalized spacial score (nSPS) is 15.1. The zero-order valence-corrected chi connectivity index (χ0v) is 8.90. The Hall–Kier alpha value is -0.860. The van der Waals surface area contributed by atoms with Gasteiger partial charge in [0.15, 0.2) is 0 Å². The third-order valence-electron chi connectivity index (χ3n) is 2.26. The van der Waals surface area contributed by atoms with E-state index in [1.807, 2.05) is 6.07 Å². The smallest absolute Gasteiger partial charge is 0.0636 e. The molecule has 1 rings (SSSR count). The number of nitrogens with one attached hydrogen (secondary N) is 1. The molecule has 0 aliphatic heterocycles. The van der Waals surface area contributed by atoms with Crippen molar-refractivity contribution in [3.63, 3.8) is 0 Å². The van der Waals surface area contributed by atoms with Crippen molar-refractivity contribution in [2.45, 2.75) is 25.9 Å². The minimum absolute atomic E-state index is 0.266. The lowest BCUT2D eigenvalue weighted by Crippen LogP contribution is -2.27. The monoisotopic (exact) mass is 193 g/mol. The Morgan fingerprint density at radius 3 is 2.36 bits per heavy atom. The van der Waals surface area contributed by atoms with Gasteiger partial charge in [0.05, 0.1) is 6.10 Å². The summed E-state index contributed by atoms with van der Waals surface area (Å²) in [6, 6.07) is 10.4. The quantitative estimate of drug-likeness (QED) is 0.747. The van der Waals surface area contributed by atoms with Gasteiger partial charge in [0.1, 0.15) is 0 Å². The highest BCUT2D eigenvalue weighted by Crippen LogP contribution is 2.12. The van der Waals surface area contributed by atoms with Gasteiger partial charge in [-0.25, -0.2) is 0 Å². The molecule has 0 saturated carbocycles. The molecule has 2 heteroatoms. The van der Waals surface area contributed by atoms with Gasteiger partial charge >= 0.3 is 0 Å². The largest absolute Gasteiger partial charge is 0.392 e. The minimum Gasteiger partial charge on any atom is -0.392 e. The zero-order valence-electron chi connectivity index (χ0n) is 8.90. The van der Waals surface area contributed by atoms with Crippen LogP contribution in [-0.4, -0.2) is 24.3 Å². The van der Waals surface area contributed by atoms with E-state index in [0.717, 1.165) is 6.54 Å². The molecule has 1 aromatic rings. The van der Waals surface area contributed by atoms with Crippen LogP contribution in [0.15, 0.2) is 30.3 Å². The molecule has 0 aliphatic carbocycles.